The molecule has 31 heavy (non-hydrogen) atoms. The molecule has 1 fully saturated rings. The van der Waals surface area contributed by atoms with Crippen LogP contribution in [0.5, 0.6) is 5.75 Å². The van der Waals surface area contributed by atoms with Crippen LogP contribution in [0.1, 0.15) is 42.2 Å². The van der Waals surface area contributed by atoms with Crippen LogP contribution in [-0.2, 0) is 11.3 Å². The van der Waals surface area contributed by atoms with Crippen molar-refractivity contribution in [3.8, 4) is 5.75 Å². The van der Waals surface area contributed by atoms with E-state index in [1.165, 1.54) is 18.4 Å². The second-order valence-corrected chi connectivity index (χ2v) is 7.89. The number of aryl methyl sites for hydroxylation is 1. The largest absolute Gasteiger partial charge is 0.493 e. The number of guanidine groups is 1. The minimum absolute atomic E-state index is 0.204. The van der Waals surface area contributed by atoms with Crippen LogP contribution in [0.4, 0.5) is 0 Å². The fourth-order valence-corrected chi connectivity index (χ4v) is 3.86. The van der Waals surface area contributed by atoms with Crippen LogP contribution < -0.4 is 15.4 Å². The van der Waals surface area contributed by atoms with Crippen molar-refractivity contribution in [3.63, 3.8) is 0 Å². The molecule has 2 aromatic rings. The summed E-state index contributed by atoms with van der Waals surface area (Å²) < 4.78 is 16.8. The molecule has 7 heteroatoms. The SMILES string of the molecule is CN=C(NCc1ccc(C)cc1OCCCOC)NCC(c1ccco1)N1CCCC1. The summed E-state index contributed by atoms with van der Waals surface area (Å²) in [7, 11) is 3.51. The van der Waals surface area contributed by atoms with Crippen molar-refractivity contribution in [2.75, 3.05) is 47.0 Å². The first-order chi connectivity index (χ1) is 15.2. The van der Waals surface area contributed by atoms with E-state index < -0.39 is 0 Å². The van der Waals surface area contributed by atoms with Crippen molar-refractivity contribution in [3.05, 3.63) is 53.5 Å². The highest BCUT2D eigenvalue weighted by Crippen LogP contribution is 2.25. The first-order valence-electron chi connectivity index (χ1n) is 11.1. The van der Waals surface area contributed by atoms with E-state index in [-0.39, 0.29) is 6.04 Å². The van der Waals surface area contributed by atoms with Gasteiger partial charge in [0.05, 0.1) is 18.9 Å². The minimum atomic E-state index is 0.204. The van der Waals surface area contributed by atoms with Crippen molar-refractivity contribution in [1.82, 2.24) is 15.5 Å². The Hall–Kier alpha value is -2.51. The molecule has 2 heterocycles. The highest BCUT2D eigenvalue weighted by molar-refractivity contribution is 5.79. The Morgan fingerprint density at radius 3 is 2.74 bits per heavy atom. The number of ether oxygens (including phenoxy) is 2. The fraction of sp³-hybridized carbons (Fsp3) is 0.542. The van der Waals surface area contributed by atoms with E-state index >= 15 is 0 Å². The average molecular weight is 429 g/mol. The molecule has 2 N–H and O–H groups in total. The third kappa shape index (κ3) is 7.01. The summed E-state index contributed by atoms with van der Waals surface area (Å²) in [5.41, 5.74) is 2.29. The van der Waals surface area contributed by atoms with Crippen LogP contribution in [0.3, 0.4) is 0 Å². The van der Waals surface area contributed by atoms with Gasteiger partial charge in [-0.2, -0.15) is 0 Å². The number of furan rings is 1. The third-order valence-electron chi connectivity index (χ3n) is 5.56. The van der Waals surface area contributed by atoms with Gasteiger partial charge in [0.25, 0.3) is 0 Å². The standard InChI is InChI=1S/C24H36N4O3/c1-19-9-10-20(23(16-19)31-15-7-13-29-3)17-26-24(25-2)27-18-21(22-8-6-14-30-22)28-11-4-5-12-28/h6,8-10,14,16,21H,4-5,7,11-13,15,17-18H2,1-3H3,(H2,25,26,27). The lowest BCUT2D eigenvalue weighted by Crippen LogP contribution is -2.42. The molecular formula is C24H36N4O3. The second-order valence-electron chi connectivity index (χ2n) is 7.89. The van der Waals surface area contributed by atoms with Gasteiger partial charge in [-0.25, -0.2) is 0 Å². The molecule has 170 valence electrons. The molecule has 1 aliphatic rings. The Morgan fingerprint density at radius 2 is 2.03 bits per heavy atom. The zero-order valence-electron chi connectivity index (χ0n) is 19.0. The number of rotatable bonds is 11. The Balaban J connectivity index is 1.56. The van der Waals surface area contributed by atoms with Gasteiger partial charge in [0.15, 0.2) is 5.96 Å². The topological polar surface area (TPSA) is 71.3 Å². The van der Waals surface area contributed by atoms with Crippen molar-refractivity contribution in [2.24, 2.45) is 4.99 Å². The Labute approximate surface area is 185 Å². The molecule has 0 saturated carbocycles. The Bertz CT molecular complexity index is 801. The van der Waals surface area contributed by atoms with Gasteiger partial charge < -0.3 is 24.5 Å². The summed E-state index contributed by atoms with van der Waals surface area (Å²) >= 11 is 0. The molecule has 1 saturated heterocycles. The van der Waals surface area contributed by atoms with Gasteiger partial charge in [-0.05, 0) is 56.6 Å². The summed E-state index contributed by atoms with van der Waals surface area (Å²) in [5.74, 6) is 2.67. The van der Waals surface area contributed by atoms with E-state index in [0.29, 0.717) is 19.8 Å². The number of nitrogens with zero attached hydrogens (tertiary/aromatic N) is 2. The zero-order chi connectivity index (χ0) is 21.9. The van der Waals surface area contributed by atoms with E-state index in [1.54, 1.807) is 20.4 Å². The number of hydrogen-bond acceptors (Lipinski definition) is 5. The summed E-state index contributed by atoms with van der Waals surface area (Å²) in [6, 6.07) is 10.5. The lowest BCUT2D eigenvalue weighted by molar-refractivity contribution is 0.171. The highest BCUT2D eigenvalue weighted by atomic mass is 16.5. The van der Waals surface area contributed by atoms with Gasteiger partial charge >= 0.3 is 0 Å². The van der Waals surface area contributed by atoms with Crippen LogP contribution in [0.15, 0.2) is 46.0 Å². The van der Waals surface area contributed by atoms with Gasteiger partial charge in [-0.3, -0.25) is 9.89 Å². The third-order valence-corrected chi connectivity index (χ3v) is 5.56. The summed E-state index contributed by atoms with van der Waals surface area (Å²) in [4.78, 5) is 6.88. The number of likely N-dealkylation sites (tertiary alicyclic amines) is 1. The smallest absolute Gasteiger partial charge is 0.191 e. The van der Waals surface area contributed by atoms with Crippen LogP contribution in [0.2, 0.25) is 0 Å². The zero-order valence-corrected chi connectivity index (χ0v) is 19.0. The van der Waals surface area contributed by atoms with Crippen molar-refractivity contribution >= 4 is 5.96 Å². The fourth-order valence-electron chi connectivity index (χ4n) is 3.86. The molecule has 1 aromatic heterocycles. The normalized spacial score (nSPS) is 15.8. The van der Waals surface area contributed by atoms with Crippen molar-refractivity contribution in [2.45, 2.75) is 38.8 Å². The van der Waals surface area contributed by atoms with Crippen LogP contribution >= 0.6 is 0 Å². The molecule has 1 aromatic carbocycles. The van der Waals surface area contributed by atoms with Crippen LogP contribution in [0.25, 0.3) is 0 Å². The molecule has 1 unspecified atom stereocenters. The molecule has 3 rings (SSSR count). The molecule has 0 bridgehead atoms. The lowest BCUT2D eigenvalue weighted by atomic mass is 10.1. The molecular weight excluding hydrogens is 392 g/mol. The Kier molecular flexibility index (Phi) is 9.24. The molecule has 7 nitrogen and oxygen atoms in total. The highest BCUT2D eigenvalue weighted by Gasteiger charge is 2.25. The first-order valence-corrected chi connectivity index (χ1v) is 11.1. The molecule has 0 amide bonds. The molecule has 0 aliphatic carbocycles. The molecule has 1 atom stereocenters. The van der Waals surface area contributed by atoms with Crippen molar-refractivity contribution < 1.29 is 13.9 Å². The number of methoxy groups -OCH3 is 1. The lowest BCUT2D eigenvalue weighted by Gasteiger charge is -2.26. The monoisotopic (exact) mass is 428 g/mol. The van der Waals surface area contributed by atoms with E-state index in [9.17, 15) is 0 Å². The predicted molar refractivity (Wildman–Crippen MR) is 124 cm³/mol. The first kappa shape index (κ1) is 23.2. The summed E-state index contributed by atoms with van der Waals surface area (Å²) in [6.45, 7) is 6.99. The number of nitrogens with one attached hydrogen (secondary N) is 2. The van der Waals surface area contributed by atoms with E-state index in [2.05, 4.69) is 51.7 Å². The maximum Gasteiger partial charge on any atom is 0.191 e. The predicted octanol–water partition coefficient (Wildman–Crippen LogP) is 3.51. The second kappa shape index (κ2) is 12.4. The molecule has 0 radical (unpaired) electrons. The van der Waals surface area contributed by atoms with E-state index in [4.69, 9.17) is 13.9 Å². The molecule has 0 spiro atoms. The van der Waals surface area contributed by atoms with Crippen molar-refractivity contribution in [1.29, 1.82) is 0 Å². The maximum absolute atomic E-state index is 6.00. The maximum atomic E-state index is 6.00. The van der Waals surface area contributed by atoms with Gasteiger partial charge in [-0.15, -0.1) is 0 Å². The van der Waals surface area contributed by atoms with E-state index in [1.807, 2.05) is 6.07 Å². The van der Waals surface area contributed by atoms with Crippen LogP contribution in [-0.4, -0.2) is 57.9 Å². The van der Waals surface area contributed by atoms with Gasteiger partial charge in [0, 0.05) is 45.8 Å². The molecule has 1 aliphatic heterocycles. The number of aliphatic imine (C=N–C) groups is 1. The number of benzene rings is 1. The van der Waals surface area contributed by atoms with Crippen LogP contribution in [0, 0.1) is 6.92 Å². The summed E-state index contributed by atoms with van der Waals surface area (Å²) in [5, 5.41) is 6.90. The minimum Gasteiger partial charge on any atom is -0.493 e. The summed E-state index contributed by atoms with van der Waals surface area (Å²) in [6.07, 6.45) is 5.10. The average Bonchev–Trinajstić information content (AvgIpc) is 3.49. The van der Waals surface area contributed by atoms with Gasteiger partial charge in [-0.1, -0.05) is 12.1 Å². The van der Waals surface area contributed by atoms with Gasteiger partial charge in [0.2, 0.25) is 0 Å². The van der Waals surface area contributed by atoms with Gasteiger partial charge in [0.1, 0.15) is 11.5 Å². The number of hydrogen-bond donors (Lipinski definition) is 2. The van der Waals surface area contributed by atoms with E-state index in [0.717, 1.165) is 49.1 Å². The quantitative estimate of drug-likeness (QED) is 0.324. The Morgan fingerprint density at radius 1 is 1.19 bits per heavy atom.